The minimum absolute atomic E-state index is 0.0904. The molecular weight excluding hydrogens is 419 g/mol. The van der Waals surface area contributed by atoms with Gasteiger partial charge in [0.2, 0.25) is 0 Å². The van der Waals surface area contributed by atoms with E-state index < -0.39 is 24.2 Å². The lowest BCUT2D eigenvalue weighted by molar-refractivity contribution is -0.173. The van der Waals surface area contributed by atoms with Gasteiger partial charge in [-0.1, -0.05) is 29.8 Å². The normalized spacial score (nSPS) is 18.4. The number of benzene rings is 1. The van der Waals surface area contributed by atoms with Gasteiger partial charge >= 0.3 is 6.18 Å². The summed E-state index contributed by atoms with van der Waals surface area (Å²) in [7, 11) is 0. The van der Waals surface area contributed by atoms with Crippen molar-refractivity contribution >= 4 is 23.3 Å². The number of nitrogens with one attached hydrogen (secondary N) is 2. The van der Waals surface area contributed by atoms with E-state index in [-0.39, 0.29) is 24.5 Å². The summed E-state index contributed by atoms with van der Waals surface area (Å²) in [6.07, 6.45) is -1.57. The number of hydrogen-bond acceptors (Lipinski definition) is 4. The summed E-state index contributed by atoms with van der Waals surface area (Å²) in [5.74, 6) is -0.429. The van der Waals surface area contributed by atoms with Crippen LogP contribution in [0.25, 0.3) is 0 Å². The van der Waals surface area contributed by atoms with E-state index in [0.29, 0.717) is 10.6 Å². The third-order valence-electron chi connectivity index (χ3n) is 4.87. The zero-order valence-electron chi connectivity index (χ0n) is 15.5. The zero-order chi connectivity index (χ0) is 21.3. The van der Waals surface area contributed by atoms with Crippen LogP contribution in [0.5, 0.6) is 0 Å². The van der Waals surface area contributed by atoms with E-state index >= 15 is 0 Å². The number of hydrogen-bond donors (Lipinski definition) is 2. The number of nitrogens with zero attached hydrogens (tertiary/aromatic N) is 3. The standard InChI is InChI=1S/C20H17ClF3N5O/c21-14-5-3-13(4-6-14)15-8-17(20(22,23)24)29-18(27-15)9-16(28-29)19(30)26-11-12-2-1-7-25-10-12/h1-7,9-10,15,17,27H,8,11H2,(H,26,30). The first-order valence-corrected chi connectivity index (χ1v) is 9.54. The van der Waals surface area contributed by atoms with Gasteiger partial charge in [0.25, 0.3) is 5.91 Å². The first-order chi connectivity index (χ1) is 14.3. The third-order valence-corrected chi connectivity index (χ3v) is 5.12. The van der Waals surface area contributed by atoms with E-state index in [0.717, 1.165) is 10.2 Å². The number of fused-ring (bicyclic) bond motifs is 1. The van der Waals surface area contributed by atoms with Gasteiger partial charge in [-0.15, -0.1) is 0 Å². The quantitative estimate of drug-likeness (QED) is 0.632. The molecule has 0 saturated carbocycles. The smallest absolute Gasteiger partial charge is 0.363 e. The minimum atomic E-state index is -4.52. The molecule has 0 bridgehead atoms. The van der Waals surface area contributed by atoms with Crippen molar-refractivity contribution in [2.75, 3.05) is 5.32 Å². The van der Waals surface area contributed by atoms with Gasteiger partial charge in [0, 0.05) is 36.4 Å². The van der Waals surface area contributed by atoms with Crippen molar-refractivity contribution in [3.8, 4) is 0 Å². The fraction of sp³-hybridized carbons (Fsp3) is 0.250. The van der Waals surface area contributed by atoms with Crippen molar-refractivity contribution in [2.45, 2.75) is 31.2 Å². The van der Waals surface area contributed by atoms with Crippen LogP contribution >= 0.6 is 11.6 Å². The van der Waals surface area contributed by atoms with Gasteiger partial charge in [-0.05, 0) is 29.3 Å². The number of rotatable bonds is 4. The van der Waals surface area contributed by atoms with Gasteiger partial charge < -0.3 is 10.6 Å². The largest absolute Gasteiger partial charge is 0.410 e. The lowest BCUT2D eigenvalue weighted by Gasteiger charge is -2.33. The Kier molecular flexibility index (Phi) is 5.38. The number of halogens is 4. The molecule has 3 aromatic rings. The first kappa shape index (κ1) is 20.2. The molecule has 1 amide bonds. The molecule has 6 nitrogen and oxygen atoms in total. The Morgan fingerprint density at radius 1 is 1.27 bits per heavy atom. The highest BCUT2D eigenvalue weighted by molar-refractivity contribution is 6.30. The van der Waals surface area contributed by atoms with Crippen LogP contribution in [0.1, 0.15) is 40.1 Å². The van der Waals surface area contributed by atoms with E-state index in [1.54, 1.807) is 48.8 Å². The van der Waals surface area contributed by atoms with Crippen LogP contribution in [0.2, 0.25) is 5.02 Å². The van der Waals surface area contributed by atoms with Gasteiger partial charge in [-0.2, -0.15) is 18.3 Å². The number of carbonyl (C=O) groups is 1. The molecule has 0 saturated heterocycles. The van der Waals surface area contributed by atoms with Crippen LogP contribution in [-0.4, -0.2) is 26.8 Å². The Morgan fingerprint density at radius 2 is 2.03 bits per heavy atom. The maximum Gasteiger partial charge on any atom is 0.410 e. The molecule has 1 aliphatic heterocycles. The van der Waals surface area contributed by atoms with Gasteiger partial charge in [0.05, 0.1) is 6.04 Å². The maximum absolute atomic E-state index is 13.7. The highest BCUT2D eigenvalue weighted by Gasteiger charge is 2.46. The third kappa shape index (κ3) is 4.25. The summed E-state index contributed by atoms with van der Waals surface area (Å²) in [5, 5.41) is 10.1. The molecule has 0 spiro atoms. The summed E-state index contributed by atoms with van der Waals surface area (Å²) in [6, 6.07) is 9.02. The average molecular weight is 436 g/mol. The second-order valence-electron chi connectivity index (χ2n) is 6.94. The predicted octanol–water partition coefficient (Wildman–Crippen LogP) is 4.52. The van der Waals surface area contributed by atoms with E-state index in [1.807, 2.05) is 0 Å². The SMILES string of the molecule is O=C(NCc1cccnc1)c1cc2n(n1)C(C(F)(F)F)CC(c1ccc(Cl)cc1)N2. The molecule has 1 aromatic carbocycles. The number of anilines is 1. The second-order valence-corrected chi connectivity index (χ2v) is 7.38. The Bertz CT molecular complexity index is 1040. The molecule has 0 radical (unpaired) electrons. The Balaban J connectivity index is 1.58. The topological polar surface area (TPSA) is 71.8 Å². The first-order valence-electron chi connectivity index (χ1n) is 9.16. The van der Waals surface area contributed by atoms with Crippen LogP contribution in [0.3, 0.4) is 0 Å². The van der Waals surface area contributed by atoms with Crippen LogP contribution in [0.4, 0.5) is 19.0 Å². The van der Waals surface area contributed by atoms with Crippen LogP contribution in [-0.2, 0) is 6.54 Å². The van der Waals surface area contributed by atoms with Crippen molar-refractivity contribution in [3.63, 3.8) is 0 Å². The highest BCUT2D eigenvalue weighted by atomic mass is 35.5. The average Bonchev–Trinajstić information content (AvgIpc) is 3.16. The molecule has 10 heteroatoms. The van der Waals surface area contributed by atoms with Crippen molar-refractivity contribution in [1.82, 2.24) is 20.1 Å². The monoisotopic (exact) mass is 435 g/mol. The van der Waals surface area contributed by atoms with Crippen LogP contribution in [0, 0.1) is 0 Å². The maximum atomic E-state index is 13.7. The van der Waals surface area contributed by atoms with E-state index in [9.17, 15) is 18.0 Å². The fourth-order valence-electron chi connectivity index (χ4n) is 3.37. The van der Waals surface area contributed by atoms with Crippen LogP contribution in [0.15, 0.2) is 54.9 Å². The zero-order valence-corrected chi connectivity index (χ0v) is 16.3. The lowest BCUT2D eigenvalue weighted by Crippen LogP contribution is -2.35. The van der Waals surface area contributed by atoms with Crippen molar-refractivity contribution in [3.05, 3.63) is 76.7 Å². The number of aromatic nitrogens is 3. The lowest BCUT2D eigenvalue weighted by atomic mass is 9.97. The molecule has 2 aromatic heterocycles. The Hall–Kier alpha value is -3.07. The molecule has 1 aliphatic rings. The molecule has 3 heterocycles. The summed E-state index contributed by atoms with van der Waals surface area (Å²) in [6.45, 7) is 0.193. The summed E-state index contributed by atoms with van der Waals surface area (Å²) < 4.78 is 42.0. The number of amides is 1. The Labute approximate surface area is 175 Å². The van der Waals surface area contributed by atoms with Gasteiger partial charge in [-0.25, -0.2) is 4.68 Å². The molecule has 4 rings (SSSR count). The summed E-state index contributed by atoms with van der Waals surface area (Å²) in [4.78, 5) is 16.4. The molecule has 2 N–H and O–H groups in total. The summed E-state index contributed by atoms with van der Waals surface area (Å²) >= 11 is 5.88. The molecule has 156 valence electrons. The van der Waals surface area contributed by atoms with Gasteiger partial charge in [0.15, 0.2) is 11.7 Å². The Morgan fingerprint density at radius 3 is 2.70 bits per heavy atom. The summed E-state index contributed by atoms with van der Waals surface area (Å²) in [5.41, 5.74) is 1.35. The fourth-order valence-corrected chi connectivity index (χ4v) is 3.50. The van der Waals surface area contributed by atoms with Gasteiger partial charge in [-0.3, -0.25) is 9.78 Å². The number of alkyl halides is 3. The molecule has 30 heavy (non-hydrogen) atoms. The van der Waals surface area contributed by atoms with Crippen molar-refractivity contribution in [2.24, 2.45) is 0 Å². The molecule has 2 atom stereocenters. The minimum Gasteiger partial charge on any atom is -0.363 e. The van der Waals surface area contributed by atoms with Gasteiger partial charge in [0.1, 0.15) is 5.82 Å². The number of pyridine rings is 1. The van der Waals surface area contributed by atoms with E-state index in [1.165, 1.54) is 6.07 Å². The molecule has 2 unspecified atom stereocenters. The molecule has 0 aliphatic carbocycles. The predicted molar refractivity (Wildman–Crippen MR) is 105 cm³/mol. The van der Waals surface area contributed by atoms with E-state index in [4.69, 9.17) is 11.6 Å². The molecular formula is C20H17ClF3N5O. The van der Waals surface area contributed by atoms with Crippen LogP contribution < -0.4 is 10.6 Å². The van der Waals surface area contributed by atoms with Crippen molar-refractivity contribution < 1.29 is 18.0 Å². The van der Waals surface area contributed by atoms with Crippen molar-refractivity contribution in [1.29, 1.82) is 0 Å². The highest BCUT2D eigenvalue weighted by Crippen LogP contribution is 2.43. The second kappa shape index (κ2) is 7.98. The van der Waals surface area contributed by atoms with E-state index in [2.05, 4.69) is 20.7 Å². The number of carbonyl (C=O) groups excluding carboxylic acids is 1. The molecule has 0 fully saturated rings.